The average molecular weight is 354 g/mol. The normalized spacial score (nSPS) is 10.5. The average Bonchev–Trinajstić information content (AvgIpc) is 2.53. The van der Waals surface area contributed by atoms with Crippen LogP contribution < -0.4 is 0 Å². The Morgan fingerprint density at radius 1 is 0.773 bits per heavy atom. The van der Waals surface area contributed by atoms with E-state index in [2.05, 4.69) is 19.1 Å². The van der Waals surface area contributed by atoms with Gasteiger partial charge in [0.1, 0.15) is 0 Å². The first-order valence-corrected chi connectivity index (χ1v) is 9.23. The molecule has 0 saturated carbocycles. The summed E-state index contributed by atoms with van der Waals surface area (Å²) >= 11 is 2.00. The molecule has 0 radical (unpaired) electrons. The first-order valence-electron chi connectivity index (χ1n) is 8.78. The first-order chi connectivity index (χ1) is 10.8. The number of carboxylic acids is 1. The molecule has 4 heteroatoms. The number of unbranched alkanes of at least 4 members (excludes halogenated alkanes) is 11. The van der Waals surface area contributed by atoms with Gasteiger partial charge < -0.3 is 5.11 Å². The van der Waals surface area contributed by atoms with Gasteiger partial charge in [-0.1, -0.05) is 70.4 Å². The van der Waals surface area contributed by atoms with Crippen LogP contribution in [0.2, 0.25) is 0 Å². The summed E-state index contributed by atoms with van der Waals surface area (Å²) in [6, 6.07) is 0. The van der Waals surface area contributed by atoms with Crippen molar-refractivity contribution in [1.82, 2.24) is 0 Å². The molecule has 0 unspecified atom stereocenters. The monoisotopic (exact) mass is 354 g/mol. The second-order valence-corrected chi connectivity index (χ2v) is 5.73. The molecule has 0 spiro atoms. The molecule has 0 bridgehead atoms. The Bertz CT molecular complexity index is 255. The molecule has 0 fully saturated rings. The Hall–Kier alpha value is -0.471. The van der Waals surface area contributed by atoms with Gasteiger partial charge in [-0.25, -0.2) is 0 Å². The van der Waals surface area contributed by atoms with Crippen LogP contribution in [0.4, 0.5) is 0 Å². The summed E-state index contributed by atoms with van der Waals surface area (Å²) in [5, 5.41) is 8.51. The van der Waals surface area contributed by atoms with Crippen molar-refractivity contribution in [1.29, 1.82) is 0 Å². The van der Waals surface area contributed by atoms with E-state index in [0.29, 0.717) is 6.42 Å². The predicted molar refractivity (Wildman–Crippen MR) is 87.8 cm³/mol. The third-order valence-electron chi connectivity index (χ3n) is 3.65. The van der Waals surface area contributed by atoms with Gasteiger partial charge in [-0.05, 0) is 32.1 Å². The second-order valence-electron chi connectivity index (χ2n) is 5.73. The molecule has 0 aliphatic carbocycles. The number of hydrogen-bond acceptors (Lipinski definition) is 2. The molecule has 0 atom stereocenters. The van der Waals surface area contributed by atoms with E-state index in [1.54, 1.807) is 0 Å². The fraction of sp³-hybridized carbons (Fsp3) is 0.833. The van der Waals surface area contributed by atoms with Gasteiger partial charge in [-0.3, -0.25) is 4.79 Å². The predicted octanol–water partition coefficient (Wildman–Crippen LogP) is 5.99. The van der Waals surface area contributed by atoms with E-state index < -0.39 is 5.97 Å². The van der Waals surface area contributed by atoms with Gasteiger partial charge in [0.05, 0.1) is 0 Å². The maximum atomic E-state index is 10.3. The molecule has 0 aliphatic heterocycles. The van der Waals surface area contributed by atoms with Crippen LogP contribution in [0.1, 0.15) is 96.8 Å². The Balaban J connectivity index is 0. The molecule has 0 aliphatic rings. The van der Waals surface area contributed by atoms with E-state index in [0.717, 1.165) is 12.8 Å². The summed E-state index contributed by atoms with van der Waals surface area (Å²) in [6.07, 6.45) is 21.2. The third-order valence-corrected chi connectivity index (χ3v) is 3.65. The molecule has 0 aromatic rings. The van der Waals surface area contributed by atoms with E-state index in [1.165, 1.54) is 70.6 Å². The van der Waals surface area contributed by atoms with E-state index in [-0.39, 0.29) is 0 Å². The van der Waals surface area contributed by atoms with Crippen molar-refractivity contribution in [2.24, 2.45) is 0 Å². The Labute approximate surface area is 145 Å². The van der Waals surface area contributed by atoms with Crippen LogP contribution >= 0.6 is 0 Å². The quantitative estimate of drug-likeness (QED) is 0.223. The standard InChI is InChI=1S/C18H34O2.Fe.O/c1-2-3-4-5-6-7-8-9-10-11-12-13-14-15-16-17-18(19)20;;/h9-10H,2-8,11-17H2,1H3,(H,19,20);;. The first kappa shape index (κ1) is 23.8. The van der Waals surface area contributed by atoms with Crippen LogP contribution in [0, 0.1) is 0 Å². The van der Waals surface area contributed by atoms with Gasteiger partial charge in [-0.2, -0.15) is 0 Å². The van der Waals surface area contributed by atoms with Crippen molar-refractivity contribution in [3.05, 3.63) is 12.2 Å². The number of rotatable bonds is 15. The zero-order valence-corrected chi connectivity index (χ0v) is 15.3. The zero-order valence-electron chi connectivity index (χ0n) is 14.2. The molecule has 0 aromatic heterocycles. The van der Waals surface area contributed by atoms with E-state index in [1.807, 2.05) is 15.9 Å². The Morgan fingerprint density at radius 3 is 1.64 bits per heavy atom. The summed E-state index contributed by atoms with van der Waals surface area (Å²) in [5.74, 6) is -0.664. The molecule has 1 N–H and O–H groups in total. The van der Waals surface area contributed by atoms with Gasteiger partial charge >= 0.3 is 25.7 Å². The van der Waals surface area contributed by atoms with E-state index in [9.17, 15) is 4.79 Å². The Morgan fingerprint density at radius 2 is 1.18 bits per heavy atom. The molecular formula is C18H34FeO3. The third kappa shape index (κ3) is 24.5. The number of carbonyl (C=O) groups is 1. The van der Waals surface area contributed by atoms with Crippen molar-refractivity contribution in [2.75, 3.05) is 0 Å². The fourth-order valence-electron chi connectivity index (χ4n) is 2.35. The SMILES string of the molecule is CCCCCCCCC=CCCCCCCCC(=O)O.[O]=[Fe]. The van der Waals surface area contributed by atoms with Crippen LogP contribution in [0.25, 0.3) is 0 Å². The van der Waals surface area contributed by atoms with Crippen molar-refractivity contribution in [3.8, 4) is 0 Å². The summed E-state index contributed by atoms with van der Waals surface area (Å²) in [4.78, 5) is 10.3. The van der Waals surface area contributed by atoms with Crippen molar-refractivity contribution < 1.29 is 29.7 Å². The van der Waals surface area contributed by atoms with Crippen LogP contribution in [0.5, 0.6) is 0 Å². The van der Waals surface area contributed by atoms with E-state index in [4.69, 9.17) is 8.94 Å². The van der Waals surface area contributed by atoms with Crippen LogP contribution in [-0.4, -0.2) is 11.1 Å². The topological polar surface area (TPSA) is 54.4 Å². The summed E-state index contributed by atoms with van der Waals surface area (Å²) in [7, 11) is 0. The van der Waals surface area contributed by atoms with E-state index >= 15 is 0 Å². The molecule has 0 heterocycles. The molecule has 0 amide bonds. The molecular weight excluding hydrogens is 320 g/mol. The molecule has 3 nitrogen and oxygen atoms in total. The van der Waals surface area contributed by atoms with Gasteiger partial charge in [0.25, 0.3) is 0 Å². The minimum atomic E-state index is -0.664. The summed E-state index contributed by atoms with van der Waals surface area (Å²) in [5.41, 5.74) is 0. The van der Waals surface area contributed by atoms with Gasteiger partial charge in [-0.15, -0.1) is 0 Å². The number of hydrogen-bond donors (Lipinski definition) is 1. The fourth-order valence-corrected chi connectivity index (χ4v) is 2.35. The molecule has 0 aromatic carbocycles. The molecule has 0 rings (SSSR count). The maximum absolute atomic E-state index is 10.3. The summed E-state index contributed by atoms with van der Waals surface area (Å²) in [6.45, 7) is 2.26. The molecule has 132 valence electrons. The molecule has 0 saturated heterocycles. The molecule has 22 heavy (non-hydrogen) atoms. The second kappa shape index (κ2) is 22.8. The van der Waals surface area contributed by atoms with Crippen LogP contribution in [0.15, 0.2) is 12.2 Å². The number of aliphatic carboxylic acids is 1. The summed E-state index contributed by atoms with van der Waals surface area (Å²) < 4.78 is 8.00. The van der Waals surface area contributed by atoms with Crippen LogP contribution in [0.3, 0.4) is 0 Å². The minimum absolute atomic E-state index is 0.332. The van der Waals surface area contributed by atoms with Crippen molar-refractivity contribution in [2.45, 2.75) is 96.8 Å². The van der Waals surface area contributed by atoms with Crippen LogP contribution in [-0.2, 0) is 24.6 Å². The Kier molecular flexibility index (Phi) is 24.7. The van der Waals surface area contributed by atoms with Gasteiger partial charge in [0.2, 0.25) is 0 Å². The van der Waals surface area contributed by atoms with Crippen molar-refractivity contribution in [3.63, 3.8) is 0 Å². The van der Waals surface area contributed by atoms with Gasteiger partial charge in [0, 0.05) is 6.42 Å². The number of carboxylic acid groups (broad SMARTS) is 1. The number of allylic oxidation sites excluding steroid dienone is 2. The van der Waals surface area contributed by atoms with Crippen molar-refractivity contribution >= 4 is 5.97 Å². The zero-order chi connectivity index (χ0) is 16.9. The van der Waals surface area contributed by atoms with Gasteiger partial charge in [0.15, 0.2) is 0 Å².